The predicted molar refractivity (Wildman–Crippen MR) is 293 cm³/mol. The standard InChI is InChI=1S/C61H94O20/c1-11-12-16-40(63)19-33(2)20-51-54(69)55-38(7)56(75-51)57(70)61(72)31-49(66)36(5)50(81-61)18-15-13-14-17-42-22-41(64)27-59(77-42)29-45(73-10)23-43(78-59)25-48(65)37(6)53(68)35(4)34(3)21-47-28-58(9,71)32-60(80-47)30-46(74-39(8)62)24-44(79-60)26-52(67)76-55/h11-12,14,16-17,35-38,40-47,49-51,53-57,63-64,66,68-72H,1-3,13,15,18-32H2,4-10H3. The molecule has 0 aromatic heterocycles. The van der Waals surface area contributed by atoms with Gasteiger partial charge in [-0.15, -0.1) is 0 Å². The zero-order chi connectivity index (χ0) is 59.4. The molecule has 0 saturated carbocycles. The van der Waals surface area contributed by atoms with Gasteiger partial charge in [-0.2, -0.15) is 0 Å². The minimum Gasteiger partial charge on any atom is -0.462 e. The third-order valence-electron chi connectivity index (χ3n) is 18.0. The van der Waals surface area contributed by atoms with Crippen molar-refractivity contribution in [3.05, 3.63) is 61.3 Å². The Labute approximate surface area is 477 Å². The van der Waals surface area contributed by atoms with Crippen LogP contribution >= 0.6 is 0 Å². The summed E-state index contributed by atoms with van der Waals surface area (Å²) in [6, 6.07) is 0. The number of hydrogen-bond acceptors (Lipinski definition) is 20. The van der Waals surface area contributed by atoms with Crippen LogP contribution in [0.5, 0.6) is 0 Å². The zero-order valence-electron chi connectivity index (χ0n) is 48.6. The molecule has 0 aliphatic carbocycles. The van der Waals surface area contributed by atoms with Crippen molar-refractivity contribution < 1.29 is 97.9 Å². The molecule has 2 spiro atoms. The summed E-state index contributed by atoms with van der Waals surface area (Å²) in [6.07, 6.45) is -6.07. The van der Waals surface area contributed by atoms with Gasteiger partial charge in [0.2, 0.25) is 0 Å². The number of ketones is 1. The van der Waals surface area contributed by atoms with Crippen LogP contribution in [0, 0.1) is 23.7 Å². The molecule has 7 rings (SSSR count). The topological polar surface area (TPSA) is 296 Å². The molecule has 0 amide bonds. The highest BCUT2D eigenvalue weighted by Crippen LogP contribution is 2.48. The van der Waals surface area contributed by atoms with Crippen molar-refractivity contribution in [2.24, 2.45) is 23.7 Å². The van der Waals surface area contributed by atoms with Gasteiger partial charge in [0.25, 0.3) is 0 Å². The maximum absolute atomic E-state index is 14.4. The summed E-state index contributed by atoms with van der Waals surface area (Å²) in [4.78, 5) is 41.0. The second-order valence-electron chi connectivity index (χ2n) is 25.2. The SMILES string of the molecule is C=CC=CC(O)CC(=C)CC1OC2C(C)C(OC(=O)CC3CC(OC(C)=O)CC4(CC(C)(O)CC(CC(=C)C(C)C(O)C(C)C(=O)CC5CC(OC)CC6(CC(O)CC(C=CCCCC7OC(O)(CC(O)C7C)C2O)O6)O5)O4)O3)C1O. The number of carbonyl (C=O) groups is 3. The zero-order valence-corrected chi connectivity index (χ0v) is 48.6. The first-order valence-corrected chi connectivity index (χ1v) is 29.4. The summed E-state index contributed by atoms with van der Waals surface area (Å²) in [5.74, 6) is -9.90. The molecular weight excluding hydrogens is 1050 g/mol. The van der Waals surface area contributed by atoms with E-state index in [-0.39, 0.29) is 69.7 Å². The van der Waals surface area contributed by atoms with E-state index < -0.39 is 163 Å². The molecule has 458 valence electrons. The Hall–Kier alpha value is -3.29. The summed E-state index contributed by atoms with van der Waals surface area (Å²) in [6.45, 7) is 21.8. The molecule has 81 heavy (non-hydrogen) atoms. The summed E-state index contributed by atoms with van der Waals surface area (Å²) >= 11 is 0. The molecule has 7 heterocycles. The largest absolute Gasteiger partial charge is 0.462 e. The number of methoxy groups -OCH3 is 1. The maximum Gasteiger partial charge on any atom is 0.308 e. The fourth-order valence-corrected chi connectivity index (χ4v) is 13.7. The molecule has 8 N–H and O–H groups in total. The molecule has 20 nitrogen and oxygen atoms in total. The minimum absolute atomic E-state index is 0.00495. The lowest BCUT2D eigenvalue weighted by Crippen LogP contribution is -2.65. The first kappa shape index (κ1) is 65.3. The quantitative estimate of drug-likeness (QED) is 0.0922. The normalized spacial score (nSPS) is 45.8. The van der Waals surface area contributed by atoms with Crippen LogP contribution < -0.4 is 0 Å². The lowest BCUT2D eigenvalue weighted by Gasteiger charge is -2.52. The number of Topliss-reactive ketones (excluding diaryl/α,β-unsaturated/α-hetero) is 1. The van der Waals surface area contributed by atoms with E-state index in [0.29, 0.717) is 49.7 Å². The molecule has 0 aromatic carbocycles. The molecule has 7 aliphatic heterocycles. The van der Waals surface area contributed by atoms with Gasteiger partial charge in [-0.1, -0.05) is 89.0 Å². The number of hydrogen-bond donors (Lipinski definition) is 8. The summed E-state index contributed by atoms with van der Waals surface area (Å²) < 4.78 is 57.2. The van der Waals surface area contributed by atoms with Crippen LogP contribution in [0.25, 0.3) is 0 Å². The third-order valence-corrected chi connectivity index (χ3v) is 18.0. The second kappa shape index (κ2) is 27.4. The van der Waals surface area contributed by atoms with Gasteiger partial charge in [-0.05, 0) is 45.4 Å². The number of aliphatic hydroxyl groups is 8. The number of allylic oxidation sites excluding steroid dienone is 3. The van der Waals surface area contributed by atoms with Crippen LogP contribution in [-0.4, -0.2) is 186 Å². The Bertz CT molecular complexity index is 2250. The van der Waals surface area contributed by atoms with Gasteiger partial charge in [0.05, 0.1) is 85.3 Å². The third kappa shape index (κ3) is 16.6. The summed E-state index contributed by atoms with van der Waals surface area (Å²) in [5.41, 5.74) is -0.417. The minimum atomic E-state index is -2.38. The van der Waals surface area contributed by atoms with Crippen molar-refractivity contribution in [1.29, 1.82) is 0 Å². The summed E-state index contributed by atoms with van der Waals surface area (Å²) in [5, 5.41) is 93.8. The van der Waals surface area contributed by atoms with E-state index >= 15 is 0 Å². The molecular formula is C61H94O20. The molecule has 20 heteroatoms. The van der Waals surface area contributed by atoms with Crippen LogP contribution in [0.15, 0.2) is 61.3 Å². The number of rotatable bonds is 8. The van der Waals surface area contributed by atoms with E-state index in [4.69, 9.17) is 42.6 Å². The number of fused-ring (bicyclic) bond motifs is 8. The highest BCUT2D eigenvalue weighted by atomic mass is 16.7. The van der Waals surface area contributed by atoms with Crippen LogP contribution in [-0.2, 0) is 57.0 Å². The Morgan fingerprint density at radius 3 is 2.21 bits per heavy atom. The Balaban J connectivity index is 1.20. The first-order chi connectivity index (χ1) is 38.0. The van der Waals surface area contributed by atoms with E-state index in [1.54, 1.807) is 47.8 Å². The molecule has 0 radical (unpaired) electrons. The molecule has 0 aromatic rings. The van der Waals surface area contributed by atoms with Gasteiger partial charge < -0.3 is 83.5 Å². The monoisotopic (exact) mass is 1150 g/mol. The molecule has 6 fully saturated rings. The first-order valence-electron chi connectivity index (χ1n) is 29.4. The fourth-order valence-electron chi connectivity index (χ4n) is 13.7. The van der Waals surface area contributed by atoms with E-state index in [0.717, 1.165) is 0 Å². The van der Waals surface area contributed by atoms with E-state index in [9.17, 15) is 55.2 Å². The van der Waals surface area contributed by atoms with Crippen molar-refractivity contribution in [2.75, 3.05) is 7.11 Å². The average Bonchev–Trinajstić information content (AvgIpc) is 3.57. The summed E-state index contributed by atoms with van der Waals surface area (Å²) in [7, 11) is 1.58. The maximum atomic E-state index is 14.4. The van der Waals surface area contributed by atoms with Gasteiger partial charge in [0, 0.05) is 102 Å². The van der Waals surface area contributed by atoms with Crippen LogP contribution in [0.2, 0.25) is 0 Å². The lowest BCUT2D eigenvalue weighted by atomic mass is 9.78. The van der Waals surface area contributed by atoms with Crippen molar-refractivity contribution >= 4 is 17.7 Å². The molecule has 6 saturated heterocycles. The highest BCUT2D eigenvalue weighted by molar-refractivity contribution is 5.81. The van der Waals surface area contributed by atoms with Crippen molar-refractivity contribution in [3.8, 4) is 0 Å². The second-order valence-corrected chi connectivity index (χ2v) is 25.2. The van der Waals surface area contributed by atoms with Crippen LogP contribution in [0.4, 0.5) is 0 Å². The number of aliphatic hydroxyl groups excluding tert-OH is 6. The Morgan fingerprint density at radius 2 is 1.51 bits per heavy atom. The number of esters is 2. The van der Waals surface area contributed by atoms with E-state index in [1.165, 1.54) is 19.1 Å². The van der Waals surface area contributed by atoms with Crippen molar-refractivity contribution in [2.45, 2.75) is 271 Å². The van der Waals surface area contributed by atoms with Gasteiger partial charge in [0.1, 0.15) is 30.2 Å². The molecule has 24 unspecified atom stereocenters. The Kier molecular flexibility index (Phi) is 22.1. The van der Waals surface area contributed by atoms with Crippen molar-refractivity contribution in [1.82, 2.24) is 0 Å². The van der Waals surface area contributed by atoms with E-state index in [1.807, 2.05) is 12.2 Å². The predicted octanol–water partition coefficient (Wildman–Crippen LogP) is 4.77. The van der Waals surface area contributed by atoms with E-state index in [2.05, 4.69) is 19.7 Å². The highest BCUT2D eigenvalue weighted by Gasteiger charge is 2.58. The molecule has 10 bridgehead atoms. The van der Waals surface area contributed by atoms with Gasteiger partial charge >= 0.3 is 11.9 Å². The average molecular weight is 1150 g/mol. The smallest absolute Gasteiger partial charge is 0.308 e. The number of ether oxygens (including phenoxy) is 9. The van der Waals surface area contributed by atoms with Crippen LogP contribution in [0.3, 0.4) is 0 Å². The lowest BCUT2D eigenvalue weighted by molar-refractivity contribution is -0.351. The Morgan fingerprint density at radius 1 is 0.827 bits per heavy atom. The molecule has 24 atom stereocenters. The molecule has 7 aliphatic rings. The van der Waals surface area contributed by atoms with Crippen molar-refractivity contribution in [3.63, 3.8) is 0 Å². The van der Waals surface area contributed by atoms with Crippen LogP contribution in [0.1, 0.15) is 151 Å². The number of carbonyl (C=O) groups excluding carboxylic acids is 3. The van der Waals surface area contributed by atoms with Gasteiger partial charge in [-0.3, -0.25) is 14.4 Å². The fraction of sp³-hybridized carbons (Fsp3) is 0.787. The van der Waals surface area contributed by atoms with Gasteiger partial charge in [-0.25, -0.2) is 0 Å². The van der Waals surface area contributed by atoms with Gasteiger partial charge in [0.15, 0.2) is 17.4 Å².